The van der Waals surface area contributed by atoms with Crippen LogP contribution in [0.3, 0.4) is 0 Å². The second-order valence-corrected chi connectivity index (χ2v) is 7.41. The van der Waals surface area contributed by atoms with Crippen molar-refractivity contribution in [2.75, 3.05) is 5.32 Å². The van der Waals surface area contributed by atoms with Crippen molar-refractivity contribution >= 4 is 23.7 Å². The molecule has 2 amide bonds. The Balaban J connectivity index is 1.73. The van der Waals surface area contributed by atoms with Crippen LogP contribution in [0.15, 0.2) is 59.7 Å². The van der Waals surface area contributed by atoms with Crippen molar-refractivity contribution in [3.05, 3.63) is 82.7 Å². The molecule has 12 heteroatoms. The highest BCUT2D eigenvalue weighted by molar-refractivity contribution is 6.39. The zero-order valence-electron chi connectivity index (χ0n) is 18.3. The Kier molecular flexibility index (Phi) is 7.04. The second kappa shape index (κ2) is 9.65. The number of hydrazone groups is 1. The van der Waals surface area contributed by atoms with Crippen LogP contribution in [0.4, 0.5) is 32.0 Å². The van der Waals surface area contributed by atoms with E-state index in [1.54, 1.807) is 19.9 Å². The molecule has 184 valence electrons. The maximum Gasteiger partial charge on any atom is 0.418 e. The van der Waals surface area contributed by atoms with E-state index in [0.29, 0.717) is 23.0 Å². The van der Waals surface area contributed by atoms with Gasteiger partial charge < -0.3 is 9.88 Å². The van der Waals surface area contributed by atoms with Crippen LogP contribution in [0.25, 0.3) is 5.69 Å². The summed E-state index contributed by atoms with van der Waals surface area (Å²) in [4.78, 5) is 23.9. The Hall–Kier alpha value is -4.09. The third kappa shape index (κ3) is 5.89. The molecule has 35 heavy (non-hydrogen) atoms. The van der Waals surface area contributed by atoms with Gasteiger partial charge in [-0.2, -0.15) is 31.4 Å². The fourth-order valence-electron chi connectivity index (χ4n) is 3.37. The van der Waals surface area contributed by atoms with Gasteiger partial charge in [-0.25, -0.2) is 5.43 Å². The summed E-state index contributed by atoms with van der Waals surface area (Å²) in [5.74, 6) is -2.51. The highest BCUT2D eigenvalue weighted by atomic mass is 19.4. The SMILES string of the molecule is Cc1cc(/C=N\NC(=O)C(=O)Nc2cccc(C(F)(F)F)c2)c(C)n1-c1ccccc1C(F)(F)F. The molecule has 0 saturated heterocycles. The van der Waals surface area contributed by atoms with E-state index >= 15 is 0 Å². The molecule has 0 aliphatic carbocycles. The summed E-state index contributed by atoms with van der Waals surface area (Å²) in [7, 11) is 0. The number of amides is 2. The highest BCUT2D eigenvalue weighted by Gasteiger charge is 2.34. The summed E-state index contributed by atoms with van der Waals surface area (Å²) in [5.41, 5.74) is 1.01. The van der Waals surface area contributed by atoms with Crippen molar-refractivity contribution in [2.45, 2.75) is 26.2 Å². The number of para-hydroxylation sites is 1. The largest absolute Gasteiger partial charge is 0.418 e. The third-order valence-electron chi connectivity index (χ3n) is 4.94. The number of nitrogens with one attached hydrogen (secondary N) is 2. The molecule has 3 rings (SSSR count). The van der Waals surface area contributed by atoms with Crippen molar-refractivity contribution in [3.8, 4) is 5.69 Å². The molecule has 0 aliphatic heterocycles. The lowest BCUT2D eigenvalue weighted by Gasteiger charge is -2.16. The Morgan fingerprint density at radius 2 is 1.57 bits per heavy atom. The van der Waals surface area contributed by atoms with Gasteiger partial charge in [0.25, 0.3) is 0 Å². The first kappa shape index (κ1) is 25.5. The van der Waals surface area contributed by atoms with Crippen LogP contribution in [-0.4, -0.2) is 22.6 Å². The van der Waals surface area contributed by atoms with Crippen LogP contribution in [-0.2, 0) is 21.9 Å². The van der Waals surface area contributed by atoms with E-state index in [0.717, 1.165) is 24.4 Å². The maximum absolute atomic E-state index is 13.4. The Morgan fingerprint density at radius 3 is 2.23 bits per heavy atom. The first-order valence-corrected chi connectivity index (χ1v) is 9.96. The summed E-state index contributed by atoms with van der Waals surface area (Å²) >= 11 is 0. The van der Waals surface area contributed by atoms with Gasteiger partial charge in [-0.15, -0.1) is 0 Å². The van der Waals surface area contributed by atoms with Gasteiger partial charge in [0.2, 0.25) is 0 Å². The summed E-state index contributed by atoms with van der Waals surface area (Å²) < 4.78 is 80.0. The average Bonchev–Trinajstić information content (AvgIpc) is 3.05. The number of anilines is 1. The minimum absolute atomic E-state index is 0.0841. The predicted octanol–water partition coefficient (Wildman–Crippen LogP) is 5.22. The van der Waals surface area contributed by atoms with Crippen LogP contribution in [0.2, 0.25) is 0 Å². The number of carbonyl (C=O) groups is 2. The molecule has 0 saturated carbocycles. The quantitative estimate of drug-likeness (QED) is 0.225. The lowest BCUT2D eigenvalue weighted by Crippen LogP contribution is -2.32. The van der Waals surface area contributed by atoms with E-state index in [4.69, 9.17) is 0 Å². The maximum atomic E-state index is 13.4. The molecule has 0 unspecified atom stereocenters. The van der Waals surface area contributed by atoms with Gasteiger partial charge in [0.15, 0.2) is 0 Å². The molecular formula is C23H18F6N4O2. The van der Waals surface area contributed by atoms with Gasteiger partial charge >= 0.3 is 24.2 Å². The molecule has 3 aromatic rings. The van der Waals surface area contributed by atoms with Gasteiger partial charge in [-0.1, -0.05) is 18.2 Å². The van der Waals surface area contributed by atoms with Crippen molar-refractivity contribution in [1.82, 2.24) is 9.99 Å². The van der Waals surface area contributed by atoms with Crippen molar-refractivity contribution in [2.24, 2.45) is 5.10 Å². The van der Waals surface area contributed by atoms with Gasteiger partial charge in [0.05, 0.1) is 23.0 Å². The predicted molar refractivity (Wildman–Crippen MR) is 116 cm³/mol. The molecule has 0 aliphatic rings. The van der Waals surface area contributed by atoms with E-state index < -0.39 is 35.3 Å². The number of alkyl halides is 6. The molecule has 0 spiro atoms. The van der Waals surface area contributed by atoms with Crippen LogP contribution in [0, 0.1) is 13.8 Å². The van der Waals surface area contributed by atoms with E-state index in [2.05, 4.69) is 5.10 Å². The number of hydrogen-bond acceptors (Lipinski definition) is 3. The van der Waals surface area contributed by atoms with E-state index in [1.165, 1.54) is 28.8 Å². The molecule has 6 nitrogen and oxygen atoms in total. The number of halogens is 6. The zero-order valence-corrected chi connectivity index (χ0v) is 18.3. The second-order valence-electron chi connectivity index (χ2n) is 7.41. The summed E-state index contributed by atoms with van der Waals surface area (Å²) in [6.07, 6.45) is -8.06. The van der Waals surface area contributed by atoms with Crippen molar-refractivity contribution in [1.29, 1.82) is 0 Å². The minimum atomic E-state index is -4.62. The van der Waals surface area contributed by atoms with E-state index in [-0.39, 0.29) is 11.4 Å². The topological polar surface area (TPSA) is 75.5 Å². The molecule has 1 heterocycles. The molecular weight excluding hydrogens is 478 g/mol. The molecule has 1 aromatic heterocycles. The summed E-state index contributed by atoms with van der Waals surface area (Å²) in [6.45, 7) is 3.16. The monoisotopic (exact) mass is 496 g/mol. The van der Waals surface area contributed by atoms with Crippen LogP contribution < -0.4 is 10.7 Å². The fraction of sp³-hybridized carbons (Fsp3) is 0.174. The smallest absolute Gasteiger partial charge is 0.318 e. The van der Waals surface area contributed by atoms with Crippen LogP contribution in [0.5, 0.6) is 0 Å². The van der Waals surface area contributed by atoms with Gasteiger partial charge in [-0.3, -0.25) is 9.59 Å². The first-order valence-electron chi connectivity index (χ1n) is 9.96. The fourth-order valence-corrected chi connectivity index (χ4v) is 3.37. The van der Waals surface area contributed by atoms with Gasteiger partial charge in [-0.05, 0) is 50.2 Å². The van der Waals surface area contributed by atoms with Crippen LogP contribution >= 0.6 is 0 Å². The number of nitrogens with zero attached hydrogens (tertiary/aromatic N) is 2. The van der Waals surface area contributed by atoms with E-state index in [9.17, 15) is 35.9 Å². The average molecular weight is 496 g/mol. The first-order chi connectivity index (χ1) is 16.3. The van der Waals surface area contributed by atoms with Crippen molar-refractivity contribution in [3.63, 3.8) is 0 Å². The molecule has 0 atom stereocenters. The van der Waals surface area contributed by atoms with Crippen LogP contribution in [0.1, 0.15) is 28.1 Å². The number of benzene rings is 2. The third-order valence-corrected chi connectivity index (χ3v) is 4.94. The summed E-state index contributed by atoms with van der Waals surface area (Å²) in [5, 5.41) is 5.67. The lowest BCUT2D eigenvalue weighted by molar-refractivity contribution is -0.138. The number of carbonyl (C=O) groups excluding carboxylic acids is 2. The molecule has 2 N–H and O–H groups in total. The standard InChI is InChI=1S/C23H18F6N4O2/c1-13-10-15(14(2)33(13)19-9-4-3-8-18(19)23(27,28)29)12-30-32-21(35)20(34)31-17-7-5-6-16(11-17)22(24,25)26/h3-12H,1-2H3,(H,31,34)(H,32,35)/b30-12-. The number of rotatable bonds is 4. The number of aryl methyl sites for hydroxylation is 1. The van der Waals surface area contributed by atoms with Crippen molar-refractivity contribution < 1.29 is 35.9 Å². The molecule has 0 fully saturated rings. The highest BCUT2D eigenvalue weighted by Crippen LogP contribution is 2.35. The normalized spacial score (nSPS) is 12.1. The molecule has 0 radical (unpaired) electrons. The molecule has 0 bridgehead atoms. The Labute approximate surface area is 195 Å². The number of hydrogen-bond donors (Lipinski definition) is 2. The lowest BCUT2D eigenvalue weighted by atomic mass is 10.1. The Morgan fingerprint density at radius 1 is 0.886 bits per heavy atom. The van der Waals surface area contributed by atoms with E-state index in [1.807, 2.05) is 10.7 Å². The Bertz CT molecular complexity index is 1290. The number of aromatic nitrogens is 1. The minimum Gasteiger partial charge on any atom is -0.318 e. The zero-order chi connectivity index (χ0) is 26.0. The van der Waals surface area contributed by atoms with Gasteiger partial charge in [0, 0.05) is 22.6 Å². The molecule has 2 aromatic carbocycles. The van der Waals surface area contributed by atoms with Gasteiger partial charge in [0.1, 0.15) is 0 Å². The summed E-state index contributed by atoms with van der Waals surface area (Å²) in [6, 6.07) is 10.3.